The van der Waals surface area contributed by atoms with E-state index in [2.05, 4.69) is 9.89 Å². The summed E-state index contributed by atoms with van der Waals surface area (Å²) in [6.07, 6.45) is 7.46. The number of rotatable bonds is 5. The summed E-state index contributed by atoms with van der Waals surface area (Å²) in [5.74, 6) is 0.682. The van der Waals surface area contributed by atoms with Gasteiger partial charge in [0.05, 0.1) is 0 Å². The molecule has 1 aromatic heterocycles. The van der Waals surface area contributed by atoms with Crippen LogP contribution in [-0.4, -0.2) is 35.1 Å². The highest BCUT2D eigenvalue weighted by Crippen LogP contribution is 2.07. The number of nitrogens with zero attached hydrogens (tertiary/aromatic N) is 3. The summed E-state index contributed by atoms with van der Waals surface area (Å²) in [5, 5.41) is 0. The molecule has 0 unspecified atom stereocenters. The molecular weight excluding hydrogens is 379 g/mol. The maximum atomic E-state index is 11.5. The van der Waals surface area contributed by atoms with Crippen molar-refractivity contribution >= 4 is 29.9 Å². The molecule has 0 amide bonds. The van der Waals surface area contributed by atoms with Crippen LogP contribution in [0, 0.1) is 0 Å². The molecule has 1 saturated heterocycles. The lowest BCUT2D eigenvalue weighted by atomic mass is 10.1. The van der Waals surface area contributed by atoms with Crippen LogP contribution in [0.4, 0.5) is 0 Å². The van der Waals surface area contributed by atoms with Crippen LogP contribution in [0.3, 0.4) is 0 Å². The van der Waals surface area contributed by atoms with Gasteiger partial charge in [-0.3, -0.25) is 9.79 Å². The van der Waals surface area contributed by atoms with E-state index in [0.29, 0.717) is 5.96 Å². The number of hydrogen-bond donors (Lipinski definition) is 1. The Kier molecular flexibility index (Phi) is 8.41. The standard InChI is InChI=1S/C15H24N4O.HI/c16-15(19-12-4-1-5-13-19)17-9-3-7-11-18-10-6-2-8-14(18)20;/h2,6,8,10H,1,3-5,7,9,11-13H2,(H2,16,17);1H. The summed E-state index contributed by atoms with van der Waals surface area (Å²) in [6, 6.07) is 5.24. The Morgan fingerprint density at radius 3 is 2.67 bits per heavy atom. The zero-order valence-electron chi connectivity index (χ0n) is 12.4. The van der Waals surface area contributed by atoms with Gasteiger partial charge in [-0.15, -0.1) is 24.0 Å². The average Bonchev–Trinajstić information content (AvgIpc) is 2.49. The summed E-state index contributed by atoms with van der Waals surface area (Å²) in [5.41, 5.74) is 6.05. The first-order valence-electron chi connectivity index (χ1n) is 7.48. The van der Waals surface area contributed by atoms with Gasteiger partial charge in [0.15, 0.2) is 5.96 Å². The molecule has 1 fully saturated rings. The Bertz CT molecular complexity index is 494. The van der Waals surface area contributed by atoms with Crippen molar-refractivity contribution in [2.24, 2.45) is 10.7 Å². The first kappa shape index (κ1) is 18.0. The second-order valence-corrected chi connectivity index (χ2v) is 5.23. The van der Waals surface area contributed by atoms with Crippen LogP contribution < -0.4 is 11.3 Å². The van der Waals surface area contributed by atoms with Gasteiger partial charge in [-0.25, -0.2) is 0 Å². The van der Waals surface area contributed by atoms with Crippen molar-refractivity contribution in [2.45, 2.75) is 38.6 Å². The quantitative estimate of drug-likeness (QED) is 0.354. The minimum Gasteiger partial charge on any atom is -0.370 e. The number of nitrogens with two attached hydrogens (primary N) is 1. The lowest BCUT2D eigenvalue weighted by Crippen LogP contribution is -2.40. The van der Waals surface area contributed by atoms with Crippen LogP contribution in [0.2, 0.25) is 0 Å². The van der Waals surface area contributed by atoms with Crippen LogP contribution in [0.5, 0.6) is 0 Å². The number of aromatic nitrogens is 1. The molecule has 0 spiro atoms. The highest BCUT2D eigenvalue weighted by Gasteiger charge is 2.11. The number of aliphatic imine (C=N–C) groups is 1. The fourth-order valence-corrected chi connectivity index (χ4v) is 2.46. The molecule has 0 radical (unpaired) electrons. The predicted molar refractivity (Wildman–Crippen MR) is 97.3 cm³/mol. The third kappa shape index (κ3) is 6.07. The molecule has 0 aliphatic carbocycles. The van der Waals surface area contributed by atoms with E-state index in [0.717, 1.165) is 39.0 Å². The molecule has 0 bridgehead atoms. The minimum atomic E-state index is 0. The summed E-state index contributed by atoms with van der Waals surface area (Å²) in [6.45, 7) is 3.56. The van der Waals surface area contributed by atoms with Crippen molar-refractivity contribution in [3.63, 3.8) is 0 Å². The molecule has 5 nitrogen and oxygen atoms in total. The van der Waals surface area contributed by atoms with E-state index < -0.39 is 0 Å². The predicted octanol–water partition coefficient (Wildman–Crippen LogP) is 2.05. The smallest absolute Gasteiger partial charge is 0.250 e. The highest BCUT2D eigenvalue weighted by molar-refractivity contribution is 14.0. The first-order chi connectivity index (χ1) is 9.77. The van der Waals surface area contributed by atoms with Crippen molar-refractivity contribution in [3.05, 3.63) is 34.7 Å². The van der Waals surface area contributed by atoms with E-state index >= 15 is 0 Å². The van der Waals surface area contributed by atoms with Crippen molar-refractivity contribution in [2.75, 3.05) is 19.6 Å². The van der Waals surface area contributed by atoms with Gasteiger partial charge in [0.1, 0.15) is 0 Å². The minimum absolute atomic E-state index is 0. The van der Waals surface area contributed by atoms with E-state index in [4.69, 9.17) is 5.73 Å². The SMILES string of the molecule is I.NC(=NCCCCn1ccccc1=O)N1CCCCC1. The van der Waals surface area contributed by atoms with Gasteiger partial charge in [-0.2, -0.15) is 0 Å². The highest BCUT2D eigenvalue weighted by atomic mass is 127. The summed E-state index contributed by atoms with van der Waals surface area (Å²) in [4.78, 5) is 18.1. The molecule has 0 aromatic carbocycles. The largest absolute Gasteiger partial charge is 0.370 e. The van der Waals surface area contributed by atoms with Crippen LogP contribution >= 0.6 is 24.0 Å². The fourth-order valence-electron chi connectivity index (χ4n) is 2.46. The lowest BCUT2D eigenvalue weighted by Gasteiger charge is -2.27. The molecule has 2 N–H and O–H groups in total. The molecular formula is C15H25IN4O. The van der Waals surface area contributed by atoms with E-state index in [1.54, 1.807) is 16.7 Å². The Labute approximate surface area is 143 Å². The Morgan fingerprint density at radius 1 is 1.19 bits per heavy atom. The maximum Gasteiger partial charge on any atom is 0.250 e. The van der Waals surface area contributed by atoms with Crippen molar-refractivity contribution < 1.29 is 0 Å². The maximum absolute atomic E-state index is 11.5. The van der Waals surface area contributed by atoms with E-state index in [-0.39, 0.29) is 29.5 Å². The first-order valence-corrected chi connectivity index (χ1v) is 7.48. The zero-order valence-corrected chi connectivity index (χ0v) is 14.7. The summed E-state index contributed by atoms with van der Waals surface area (Å²) in [7, 11) is 0. The lowest BCUT2D eigenvalue weighted by molar-refractivity contribution is 0.338. The van der Waals surface area contributed by atoms with Gasteiger partial charge in [-0.1, -0.05) is 6.07 Å². The molecule has 21 heavy (non-hydrogen) atoms. The van der Waals surface area contributed by atoms with Crippen molar-refractivity contribution in [1.82, 2.24) is 9.47 Å². The number of unbranched alkanes of at least 4 members (excludes halogenated alkanes) is 1. The van der Waals surface area contributed by atoms with E-state index in [1.165, 1.54) is 19.3 Å². The van der Waals surface area contributed by atoms with Gasteiger partial charge in [0.25, 0.3) is 0 Å². The normalized spacial score (nSPS) is 15.6. The van der Waals surface area contributed by atoms with Gasteiger partial charge >= 0.3 is 0 Å². The molecule has 1 aliphatic rings. The second kappa shape index (κ2) is 9.81. The molecule has 0 saturated carbocycles. The summed E-state index contributed by atoms with van der Waals surface area (Å²) >= 11 is 0. The van der Waals surface area contributed by atoms with Gasteiger partial charge in [-0.05, 0) is 38.2 Å². The molecule has 1 aliphatic heterocycles. The number of guanidine groups is 1. The Balaban J connectivity index is 0.00000220. The van der Waals surface area contributed by atoms with E-state index in [9.17, 15) is 4.79 Å². The molecule has 6 heteroatoms. The molecule has 1 aromatic rings. The molecule has 118 valence electrons. The Hall–Kier alpha value is -1.05. The van der Waals surface area contributed by atoms with Crippen LogP contribution in [0.15, 0.2) is 34.2 Å². The second-order valence-electron chi connectivity index (χ2n) is 5.23. The summed E-state index contributed by atoms with van der Waals surface area (Å²) < 4.78 is 1.73. The number of piperidine rings is 1. The van der Waals surface area contributed by atoms with Crippen LogP contribution in [0.25, 0.3) is 0 Å². The monoisotopic (exact) mass is 404 g/mol. The Morgan fingerprint density at radius 2 is 1.95 bits per heavy atom. The van der Waals surface area contributed by atoms with Crippen molar-refractivity contribution in [3.8, 4) is 0 Å². The third-order valence-electron chi connectivity index (χ3n) is 3.66. The van der Waals surface area contributed by atoms with Gasteiger partial charge in [0, 0.05) is 38.4 Å². The topological polar surface area (TPSA) is 63.6 Å². The number of pyridine rings is 1. The van der Waals surface area contributed by atoms with E-state index in [1.807, 2.05) is 12.3 Å². The number of aryl methyl sites for hydroxylation is 1. The van der Waals surface area contributed by atoms with Crippen LogP contribution in [0.1, 0.15) is 32.1 Å². The van der Waals surface area contributed by atoms with Gasteiger partial charge < -0.3 is 15.2 Å². The van der Waals surface area contributed by atoms with Crippen LogP contribution in [-0.2, 0) is 6.54 Å². The molecule has 0 atom stereocenters. The fraction of sp³-hybridized carbons (Fsp3) is 0.600. The number of likely N-dealkylation sites (tertiary alicyclic amines) is 1. The average molecular weight is 404 g/mol. The zero-order chi connectivity index (χ0) is 14.2. The number of halogens is 1. The number of hydrogen-bond acceptors (Lipinski definition) is 2. The molecule has 2 heterocycles. The van der Waals surface area contributed by atoms with Gasteiger partial charge in [0.2, 0.25) is 5.56 Å². The molecule has 2 rings (SSSR count). The third-order valence-corrected chi connectivity index (χ3v) is 3.66. The van der Waals surface area contributed by atoms with Crippen molar-refractivity contribution in [1.29, 1.82) is 0 Å².